The van der Waals surface area contributed by atoms with Gasteiger partial charge in [-0.15, -0.1) is 0 Å². The van der Waals surface area contributed by atoms with Crippen molar-refractivity contribution in [3.05, 3.63) is 0 Å². The second kappa shape index (κ2) is 5.48. The van der Waals surface area contributed by atoms with Crippen LogP contribution in [0, 0.1) is 5.92 Å². The van der Waals surface area contributed by atoms with Gasteiger partial charge in [0.05, 0.1) is 0 Å². The van der Waals surface area contributed by atoms with Crippen molar-refractivity contribution in [3.8, 4) is 0 Å². The average molecular weight is 313 g/mol. The number of piperidine rings is 1. The molecular weight excluding hydrogens is 294 g/mol. The van der Waals surface area contributed by atoms with E-state index in [1.807, 2.05) is 0 Å². The Morgan fingerprint density at radius 3 is 1.48 bits per heavy atom. The molecule has 0 aliphatic carbocycles. The molecule has 0 radical (unpaired) electrons. The van der Waals surface area contributed by atoms with Gasteiger partial charge in [0, 0.05) is 19.0 Å². The molecule has 0 aromatic rings. The van der Waals surface area contributed by atoms with Gasteiger partial charge in [0.25, 0.3) is 11.5 Å². The van der Waals surface area contributed by atoms with Gasteiger partial charge in [0.2, 0.25) is 0 Å². The standard InChI is InChI=1S/C10H19NO10/c12-5-6-1-3-11(4-2-6)8(14,15)7(13,9(16,17)18)10(19,20)21/h5-6,13-21H,1-4H2. The van der Waals surface area contributed by atoms with Crippen molar-refractivity contribution in [2.45, 2.75) is 36.3 Å². The molecule has 0 spiro atoms. The number of carbonyl (C=O) groups is 1. The van der Waals surface area contributed by atoms with Crippen LogP contribution in [0.5, 0.6) is 0 Å². The van der Waals surface area contributed by atoms with Gasteiger partial charge in [-0.1, -0.05) is 0 Å². The summed E-state index contributed by atoms with van der Waals surface area (Å²) in [5.74, 6) is -13.2. The number of aliphatic hydroxyl groups is 9. The van der Waals surface area contributed by atoms with Gasteiger partial charge >= 0.3 is 11.9 Å². The van der Waals surface area contributed by atoms with E-state index in [-0.39, 0.29) is 25.9 Å². The summed E-state index contributed by atoms with van der Waals surface area (Å²) in [6, 6.07) is 0. The average Bonchev–Trinajstić information content (AvgIpc) is 2.35. The third kappa shape index (κ3) is 2.93. The Morgan fingerprint density at radius 1 is 0.810 bits per heavy atom. The van der Waals surface area contributed by atoms with E-state index < -0.39 is 29.4 Å². The first-order chi connectivity index (χ1) is 9.29. The molecule has 1 heterocycles. The normalized spacial score (nSPS) is 20.6. The van der Waals surface area contributed by atoms with Crippen molar-refractivity contribution in [1.82, 2.24) is 4.90 Å². The van der Waals surface area contributed by atoms with Crippen LogP contribution in [0.3, 0.4) is 0 Å². The van der Waals surface area contributed by atoms with Crippen LogP contribution < -0.4 is 0 Å². The van der Waals surface area contributed by atoms with Crippen molar-refractivity contribution in [1.29, 1.82) is 0 Å². The van der Waals surface area contributed by atoms with Crippen LogP contribution in [0.25, 0.3) is 0 Å². The van der Waals surface area contributed by atoms with E-state index in [0.717, 1.165) is 0 Å². The molecule has 1 aliphatic heterocycles. The molecule has 9 N–H and O–H groups in total. The van der Waals surface area contributed by atoms with E-state index >= 15 is 0 Å². The Balaban J connectivity index is 3.15. The molecule has 21 heavy (non-hydrogen) atoms. The molecule has 0 saturated carbocycles. The lowest BCUT2D eigenvalue weighted by molar-refractivity contribution is -0.558. The molecule has 0 unspecified atom stereocenters. The molecule has 0 aromatic carbocycles. The van der Waals surface area contributed by atoms with Gasteiger partial charge in [0.15, 0.2) is 0 Å². The minimum Gasteiger partial charge on any atom is -0.370 e. The van der Waals surface area contributed by atoms with Crippen LogP contribution >= 0.6 is 0 Å². The fourth-order valence-corrected chi connectivity index (χ4v) is 2.25. The molecule has 11 heteroatoms. The molecule has 0 amide bonds. The number of aldehydes is 1. The number of rotatable bonds is 5. The molecule has 0 aromatic heterocycles. The maximum atomic E-state index is 10.6. The van der Waals surface area contributed by atoms with E-state index in [9.17, 15) is 20.1 Å². The van der Waals surface area contributed by atoms with Crippen molar-refractivity contribution in [3.63, 3.8) is 0 Å². The van der Waals surface area contributed by atoms with Crippen LogP contribution in [0.2, 0.25) is 0 Å². The molecule has 0 bridgehead atoms. The second-order valence-corrected chi connectivity index (χ2v) is 5.08. The van der Waals surface area contributed by atoms with Crippen molar-refractivity contribution < 1.29 is 50.8 Å². The number of nitrogens with zero attached hydrogens (tertiary/aromatic N) is 1. The van der Waals surface area contributed by atoms with Crippen molar-refractivity contribution in [2.24, 2.45) is 5.92 Å². The van der Waals surface area contributed by atoms with Gasteiger partial charge in [-0.3, -0.25) is 0 Å². The summed E-state index contributed by atoms with van der Waals surface area (Å²) >= 11 is 0. The van der Waals surface area contributed by atoms with Crippen molar-refractivity contribution >= 4 is 6.29 Å². The second-order valence-electron chi connectivity index (χ2n) is 5.08. The van der Waals surface area contributed by atoms with E-state index in [1.165, 1.54) is 0 Å². The Labute approximate surface area is 118 Å². The number of carbonyl (C=O) groups excluding carboxylic acids is 1. The van der Waals surface area contributed by atoms with Crippen LogP contribution in [-0.4, -0.2) is 93.7 Å². The highest BCUT2D eigenvalue weighted by Gasteiger charge is 2.75. The molecule has 1 rings (SSSR count). The predicted octanol–water partition coefficient (Wildman–Crippen LogP) is -5.47. The topological polar surface area (TPSA) is 202 Å². The van der Waals surface area contributed by atoms with E-state index in [4.69, 9.17) is 30.6 Å². The fraction of sp³-hybridized carbons (Fsp3) is 0.900. The van der Waals surface area contributed by atoms with Gasteiger partial charge in [-0.05, 0) is 12.8 Å². The van der Waals surface area contributed by atoms with Crippen LogP contribution in [0.15, 0.2) is 0 Å². The molecule has 124 valence electrons. The molecule has 0 atom stereocenters. The SMILES string of the molecule is O=CC1CCN(C(O)(O)C(O)(C(O)(O)O)C(O)(O)O)CC1. The van der Waals surface area contributed by atoms with Crippen LogP contribution in [0.1, 0.15) is 12.8 Å². The minimum atomic E-state index is -4.49. The predicted molar refractivity (Wildman–Crippen MR) is 61.3 cm³/mol. The molecule has 1 aliphatic rings. The highest BCUT2D eigenvalue weighted by molar-refractivity contribution is 5.53. The van der Waals surface area contributed by atoms with E-state index in [0.29, 0.717) is 11.2 Å². The summed E-state index contributed by atoms with van der Waals surface area (Å²) in [5, 5.41) is 83.6. The first-order valence-electron chi connectivity index (χ1n) is 6.00. The maximum absolute atomic E-state index is 10.6. The zero-order valence-corrected chi connectivity index (χ0v) is 10.9. The monoisotopic (exact) mass is 313 g/mol. The Kier molecular flexibility index (Phi) is 4.78. The Hall–Kier alpha value is -0.730. The summed E-state index contributed by atoms with van der Waals surface area (Å²) in [7, 11) is 0. The Morgan fingerprint density at radius 2 is 1.19 bits per heavy atom. The zero-order chi connectivity index (χ0) is 16.7. The first kappa shape index (κ1) is 18.3. The Bertz CT molecular complexity index is 362. The van der Waals surface area contributed by atoms with E-state index in [2.05, 4.69) is 0 Å². The highest BCUT2D eigenvalue weighted by Crippen LogP contribution is 2.39. The largest absolute Gasteiger partial charge is 0.370 e. The van der Waals surface area contributed by atoms with Gasteiger partial charge in [0.1, 0.15) is 6.29 Å². The first-order valence-corrected chi connectivity index (χ1v) is 6.00. The summed E-state index contributed by atoms with van der Waals surface area (Å²) in [5.41, 5.74) is -4.40. The van der Waals surface area contributed by atoms with Gasteiger partial charge < -0.3 is 50.8 Å². The number of likely N-dealkylation sites (tertiary alicyclic amines) is 1. The lowest BCUT2D eigenvalue weighted by atomic mass is 9.88. The third-order valence-corrected chi connectivity index (χ3v) is 3.63. The maximum Gasteiger partial charge on any atom is 0.321 e. The molecule has 1 saturated heterocycles. The van der Waals surface area contributed by atoms with Crippen molar-refractivity contribution in [2.75, 3.05) is 13.1 Å². The van der Waals surface area contributed by atoms with Crippen LogP contribution in [0.4, 0.5) is 0 Å². The zero-order valence-electron chi connectivity index (χ0n) is 10.9. The van der Waals surface area contributed by atoms with E-state index in [1.54, 1.807) is 0 Å². The summed E-state index contributed by atoms with van der Waals surface area (Å²) in [6.45, 7) is -0.574. The van der Waals surface area contributed by atoms with Gasteiger partial charge in [-0.25, -0.2) is 4.90 Å². The highest BCUT2D eigenvalue weighted by atomic mass is 16.8. The molecule has 1 fully saturated rings. The summed E-state index contributed by atoms with van der Waals surface area (Å²) < 4.78 is 0. The lowest BCUT2D eigenvalue weighted by Gasteiger charge is -2.51. The summed E-state index contributed by atoms with van der Waals surface area (Å²) in [4.78, 5) is 11.1. The van der Waals surface area contributed by atoms with Crippen LogP contribution in [-0.2, 0) is 4.79 Å². The fourth-order valence-electron chi connectivity index (χ4n) is 2.25. The molecule has 11 nitrogen and oxygen atoms in total. The number of hydrogen-bond donors (Lipinski definition) is 9. The number of hydrogen-bond acceptors (Lipinski definition) is 11. The minimum absolute atomic E-state index is 0.0903. The molecular formula is C10H19NO10. The van der Waals surface area contributed by atoms with Gasteiger partial charge in [-0.2, -0.15) is 0 Å². The third-order valence-electron chi connectivity index (χ3n) is 3.63. The smallest absolute Gasteiger partial charge is 0.321 e. The summed E-state index contributed by atoms with van der Waals surface area (Å²) in [6.07, 6.45) is 0.808. The quantitative estimate of drug-likeness (QED) is 0.173. The lowest BCUT2D eigenvalue weighted by Crippen LogP contribution is -2.82.